The van der Waals surface area contributed by atoms with Crippen LogP contribution in [0.1, 0.15) is 6.42 Å². The van der Waals surface area contributed by atoms with E-state index < -0.39 is 17.5 Å². The largest absolute Gasteiger partial charge is 0.382 e. The van der Waals surface area contributed by atoms with Crippen molar-refractivity contribution in [3.63, 3.8) is 0 Å². The fraction of sp³-hybridized carbons (Fsp3) is 0.133. The minimum Gasteiger partial charge on any atom is -0.382 e. The monoisotopic (exact) mass is 372 g/mol. The molecule has 1 amide bonds. The number of hydrogen-bond acceptors (Lipinski definition) is 2. The number of para-hydroxylation sites is 1. The van der Waals surface area contributed by atoms with Crippen LogP contribution in [0.5, 0.6) is 0 Å². The van der Waals surface area contributed by atoms with Gasteiger partial charge in [0, 0.05) is 17.4 Å². The van der Waals surface area contributed by atoms with E-state index in [0.717, 1.165) is 16.6 Å². The molecule has 0 fully saturated rings. The van der Waals surface area contributed by atoms with Gasteiger partial charge in [-0.3, -0.25) is 4.79 Å². The number of rotatable bonds is 5. The van der Waals surface area contributed by atoms with Crippen molar-refractivity contribution < 1.29 is 18.0 Å². The maximum absolute atomic E-state index is 13.4. The van der Waals surface area contributed by atoms with Gasteiger partial charge in [-0.15, -0.1) is 0 Å². The summed E-state index contributed by atoms with van der Waals surface area (Å²) in [6.45, 7) is 0.0816. The van der Waals surface area contributed by atoms with Crippen LogP contribution in [0.25, 0.3) is 0 Å². The van der Waals surface area contributed by atoms with Gasteiger partial charge >= 0.3 is 0 Å². The smallest absolute Gasteiger partial charge is 0.226 e. The lowest BCUT2D eigenvalue weighted by Gasteiger charge is -2.09. The first-order valence-corrected chi connectivity index (χ1v) is 7.20. The van der Waals surface area contributed by atoms with Crippen molar-refractivity contribution in [1.82, 2.24) is 0 Å². The van der Waals surface area contributed by atoms with Crippen LogP contribution in [-0.4, -0.2) is 12.5 Å². The van der Waals surface area contributed by atoms with Crippen molar-refractivity contribution in [3.8, 4) is 0 Å². The predicted molar refractivity (Wildman–Crippen MR) is 82.2 cm³/mol. The summed E-state index contributed by atoms with van der Waals surface area (Å²) in [4.78, 5) is 11.8. The molecule has 2 rings (SSSR count). The molecule has 2 N–H and O–H groups in total. The van der Waals surface area contributed by atoms with Crippen LogP contribution in [-0.2, 0) is 4.79 Å². The summed E-state index contributed by atoms with van der Waals surface area (Å²) in [6, 6.07) is 9.00. The van der Waals surface area contributed by atoms with Crippen molar-refractivity contribution in [2.75, 3.05) is 17.2 Å². The quantitative estimate of drug-likeness (QED) is 0.768. The number of benzene rings is 2. The second-order valence-electron chi connectivity index (χ2n) is 4.43. The summed E-state index contributed by atoms with van der Waals surface area (Å²) >= 11 is 3.30. The van der Waals surface area contributed by atoms with Crippen LogP contribution in [0.2, 0.25) is 0 Å². The summed E-state index contributed by atoms with van der Waals surface area (Å²) in [7, 11) is 0. The maximum atomic E-state index is 13.4. The SMILES string of the molecule is O=C(CCNc1ccc(F)c(F)c1F)Nc1ccccc1Br. The van der Waals surface area contributed by atoms with Crippen molar-refractivity contribution in [3.05, 3.63) is 58.3 Å². The van der Waals surface area contributed by atoms with Crippen molar-refractivity contribution in [2.45, 2.75) is 6.42 Å². The second-order valence-corrected chi connectivity index (χ2v) is 5.28. The highest BCUT2D eigenvalue weighted by molar-refractivity contribution is 9.10. The number of carbonyl (C=O) groups excluding carboxylic acids is 1. The number of amides is 1. The number of anilines is 2. The molecule has 0 radical (unpaired) electrons. The number of nitrogens with one attached hydrogen (secondary N) is 2. The molecule has 0 aliphatic heterocycles. The third-order valence-electron chi connectivity index (χ3n) is 2.85. The average Bonchev–Trinajstić information content (AvgIpc) is 2.50. The van der Waals surface area contributed by atoms with E-state index in [1.807, 2.05) is 6.07 Å². The van der Waals surface area contributed by atoms with Gasteiger partial charge in [0.15, 0.2) is 17.5 Å². The molecule has 3 nitrogen and oxygen atoms in total. The zero-order chi connectivity index (χ0) is 16.1. The lowest BCUT2D eigenvalue weighted by Crippen LogP contribution is -2.17. The zero-order valence-corrected chi connectivity index (χ0v) is 12.9. The highest BCUT2D eigenvalue weighted by Crippen LogP contribution is 2.22. The highest BCUT2D eigenvalue weighted by atomic mass is 79.9. The predicted octanol–water partition coefficient (Wildman–Crippen LogP) is 4.31. The molecule has 0 aromatic heterocycles. The summed E-state index contributed by atoms with van der Waals surface area (Å²) in [5, 5.41) is 5.24. The van der Waals surface area contributed by atoms with Gasteiger partial charge in [0.25, 0.3) is 0 Å². The Hall–Kier alpha value is -2.02. The molecule has 0 spiro atoms. The fourth-order valence-corrected chi connectivity index (χ4v) is 2.13. The Morgan fingerprint density at radius 3 is 2.45 bits per heavy atom. The molecule has 0 atom stereocenters. The highest BCUT2D eigenvalue weighted by Gasteiger charge is 2.13. The Kier molecular flexibility index (Phi) is 5.43. The minimum atomic E-state index is -1.54. The molecule has 0 aliphatic carbocycles. The van der Waals surface area contributed by atoms with E-state index in [1.165, 1.54) is 0 Å². The first kappa shape index (κ1) is 16.4. The lowest BCUT2D eigenvalue weighted by molar-refractivity contribution is -0.115. The normalized spacial score (nSPS) is 10.4. The molecule has 0 unspecified atom stereocenters. The van der Waals surface area contributed by atoms with Gasteiger partial charge in [-0.25, -0.2) is 13.2 Å². The molecule has 0 heterocycles. The minimum absolute atomic E-state index is 0.0414. The van der Waals surface area contributed by atoms with E-state index in [1.54, 1.807) is 18.2 Å². The summed E-state index contributed by atoms with van der Waals surface area (Å²) in [6.07, 6.45) is 0.0414. The Bertz CT molecular complexity index is 694. The average molecular weight is 373 g/mol. The molecule has 7 heteroatoms. The molecular weight excluding hydrogens is 361 g/mol. The van der Waals surface area contributed by atoms with Crippen LogP contribution in [0.3, 0.4) is 0 Å². The lowest BCUT2D eigenvalue weighted by atomic mass is 10.2. The van der Waals surface area contributed by atoms with Crippen LogP contribution in [0.15, 0.2) is 40.9 Å². The van der Waals surface area contributed by atoms with E-state index in [2.05, 4.69) is 26.6 Å². The fourth-order valence-electron chi connectivity index (χ4n) is 1.75. The second kappa shape index (κ2) is 7.31. The Labute approximate surface area is 133 Å². The van der Waals surface area contributed by atoms with Gasteiger partial charge in [0.05, 0.1) is 11.4 Å². The third kappa shape index (κ3) is 4.00. The van der Waals surface area contributed by atoms with Crippen LogP contribution in [0.4, 0.5) is 24.5 Å². The molecule has 22 heavy (non-hydrogen) atoms. The van der Waals surface area contributed by atoms with Crippen molar-refractivity contribution in [1.29, 1.82) is 0 Å². The van der Waals surface area contributed by atoms with E-state index in [-0.39, 0.29) is 24.6 Å². The van der Waals surface area contributed by atoms with Gasteiger partial charge in [0.1, 0.15) is 0 Å². The molecule has 2 aromatic carbocycles. The number of halogens is 4. The Morgan fingerprint density at radius 1 is 1.00 bits per heavy atom. The standard InChI is InChI=1S/C15H12BrF3N2O/c16-9-3-1-2-4-11(9)21-13(22)7-8-20-12-6-5-10(17)14(18)15(12)19/h1-6,20H,7-8H2,(H,21,22). The van der Waals surface area contributed by atoms with Gasteiger partial charge in [-0.1, -0.05) is 12.1 Å². The Balaban J connectivity index is 1.88. The van der Waals surface area contributed by atoms with Crippen LogP contribution >= 0.6 is 15.9 Å². The summed E-state index contributed by atoms with van der Waals surface area (Å²) in [5.41, 5.74) is 0.430. The maximum Gasteiger partial charge on any atom is 0.226 e. The van der Waals surface area contributed by atoms with E-state index in [0.29, 0.717) is 5.69 Å². The number of hydrogen-bond donors (Lipinski definition) is 2. The number of carbonyl (C=O) groups is 1. The zero-order valence-electron chi connectivity index (χ0n) is 11.3. The third-order valence-corrected chi connectivity index (χ3v) is 3.54. The molecule has 2 aromatic rings. The van der Waals surface area contributed by atoms with E-state index >= 15 is 0 Å². The topological polar surface area (TPSA) is 41.1 Å². The van der Waals surface area contributed by atoms with Crippen LogP contribution < -0.4 is 10.6 Å². The van der Waals surface area contributed by atoms with Crippen LogP contribution in [0, 0.1) is 17.5 Å². The van der Waals surface area contributed by atoms with E-state index in [4.69, 9.17) is 0 Å². The van der Waals surface area contributed by atoms with Gasteiger partial charge in [0.2, 0.25) is 5.91 Å². The molecule has 116 valence electrons. The molecule has 0 bridgehead atoms. The Morgan fingerprint density at radius 2 is 1.73 bits per heavy atom. The molecule has 0 saturated carbocycles. The summed E-state index contributed by atoms with van der Waals surface area (Å²) < 4.78 is 40.0. The molecular formula is C15H12BrF3N2O. The first-order chi connectivity index (χ1) is 10.5. The van der Waals surface area contributed by atoms with Gasteiger partial charge in [-0.05, 0) is 40.2 Å². The summed E-state index contributed by atoms with van der Waals surface area (Å²) in [5.74, 6) is -4.38. The molecule has 0 aliphatic rings. The van der Waals surface area contributed by atoms with Gasteiger partial charge < -0.3 is 10.6 Å². The van der Waals surface area contributed by atoms with Crippen molar-refractivity contribution >= 4 is 33.2 Å². The first-order valence-electron chi connectivity index (χ1n) is 6.41. The van der Waals surface area contributed by atoms with Gasteiger partial charge in [-0.2, -0.15) is 0 Å². The van der Waals surface area contributed by atoms with E-state index in [9.17, 15) is 18.0 Å². The molecule has 0 saturated heterocycles. The van der Waals surface area contributed by atoms with Crippen molar-refractivity contribution in [2.24, 2.45) is 0 Å².